The van der Waals surface area contributed by atoms with E-state index in [1.165, 1.54) is 14.0 Å². The van der Waals surface area contributed by atoms with E-state index in [0.29, 0.717) is 17.0 Å². The largest absolute Gasteiger partial charge is 0.496 e. The van der Waals surface area contributed by atoms with Crippen molar-refractivity contribution in [2.75, 3.05) is 19.0 Å². The molecule has 2 amide bonds. The Kier molecular flexibility index (Phi) is 6.93. The normalized spacial score (nSPS) is 11.3. The van der Waals surface area contributed by atoms with E-state index in [2.05, 4.69) is 10.6 Å². The second-order valence-corrected chi connectivity index (χ2v) is 6.02. The molecular weight excluding hydrogens is 348 g/mol. The van der Waals surface area contributed by atoms with Crippen molar-refractivity contribution in [3.05, 3.63) is 59.7 Å². The van der Waals surface area contributed by atoms with Crippen molar-refractivity contribution in [3.63, 3.8) is 0 Å². The van der Waals surface area contributed by atoms with Crippen LogP contribution in [0.1, 0.15) is 22.8 Å². The maximum Gasteiger partial charge on any atom is 0.308 e. The molecule has 2 rings (SSSR count). The molecule has 0 heterocycles. The van der Waals surface area contributed by atoms with E-state index in [-0.39, 0.29) is 24.8 Å². The molecule has 0 aliphatic rings. The Bertz CT molecular complexity index is 817. The minimum Gasteiger partial charge on any atom is -0.496 e. The summed E-state index contributed by atoms with van der Waals surface area (Å²) in [5.74, 6) is -1.75. The van der Waals surface area contributed by atoms with Gasteiger partial charge in [-0.15, -0.1) is 0 Å². The lowest BCUT2D eigenvalue weighted by Crippen LogP contribution is -2.34. The highest BCUT2D eigenvalue weighted by Crippen LogP contribution is 2.21. The van der Waals surface area contributed by atoms with E-state index in [9.17, 15) is 19.5 Å². The summed E-state index contributed by atoms with van der Waals surface area (Å²) in [5, 5.41) is 14.7. The van der Waals surface area contributed by atoms with Crippen LogP contribution in [-0.4, -0.2) is 36.5 Å². The molecule has 0 aliphatic carbocycles. The molecule has 0 saturated carbocycles. The van der Waals surface area contributed by atoms with Crippen LogP contribution in [0.15, 0.2) is 48.5 Å². The summed E-state index contributed by atoms with van der Waals surface area (Å²) in [6.45, 7) is 1.38. The second-order valence-electron chi connectivity index (χ2n) is 6.02. The maximum absolute atomic E-state index is 12.3. The van der Waals surface area contributed by atoms with Crippen LogP contribution in [0.25, 0.3) is 0 Å². The molecule has 0 aromatic heterocycles. The van der Waals surface area contributed by atoms with Crippen LogP contribution in [0, 0.1) is 5.92 Å². The van der Waals surface area contributed by atoms with Gasteiger partial charge in [0, 0.05) is 24.7 Å². The van der Waals surface area contributed by atoms with Crippen LogP contribution in [0.4, 0.5) is 5.69 Å². The molecule has 1 atom stereocenters. The van der Waals surface area contributed by atoms with Crippen molar-refractivity contribution in [3.8, 4) is 5.75 Å². The van der Waals surface area contributed by atoms with Crippen LogP contribution in [0.2, 0.25) is 0 Å². The number of anilines is 1. The molecule has 142 valence electrons. The third-order valence-electron chi connectivity index (χ3n) is 3.98. The number of ether oxygens (including phenoxy) is 1. The number of para-hydroxylation sites is 1. The predicted octanol–water partition coefficient (Wildman–Crippen LogP) is 2.33. The summed E-state index contributed by atoms with van der Waals surface area (Å²) >= 11 is 0. The van der Waals surface area contributed by atoms with Gasteiger partial charge < -0.3 is 20.5 Å². The van der Waals surface area contributed by atoms with Crippen LogP contribution in [0.5, 0.6) is 5.75 Å². The van der Waals surface area contributed by atoms with E-state index in [4.69, 9.17) is 4.74 Å². The molecule has 1 unspecified atom stereocenters. The van der Waals surface area contributed by atoms with Crippen LogP contribution >= 0.6 is 0 Å². The van der Waals surface area contributed by atoms with Gasteiger partial charge in [0.15, 0.2) is 0 Å². The highest BCUT2D eigenvalue weighted by Gasteiger charge is 2.21. The summed E-state index contributed by atoms with van der Waals surface area (Å²) in [6.07, 6.45) is 0.237. The smallest absolute Gasteiger partial charge is 0.308 e. The standard InChI is InChI=1S/C20H22N2O5/c1-13(23)22-17-9-7-14(8-10-17)19(24)21-12-16(20(25)26)11-15-5-3-4-6-18(15)27-2/h3-10,16H,11-12H2,1-2H3,(H,21,24)(H,22,23)(H,25,26). The van der Waals surface area contributed by atoms with Gasteiger partial charge in [-0.1, -0.05) is 18.2 Å². The van der Waals surface area contributed by atoms with E-state index in [1.54, 1.807) is 36.4 Å². The van der Waals surface area contributed by atoms with Crippen molar-refractivity contribution >= 4 is 23.5 Å². The average Bonchev–Trinajstić information content (AvgIpc) is 2.65. The molecule has 7 heteroatoms. The van der Waals surface area contributed by atoms with Gasteiger partial charge in [0.2, 0.25) is 5.91 Å². The monoisotopic (exact) mass is 370 g/mol. The van der Waals surface area contributed by atoms with Crippen molar-refractivity contribution in [2.45, 2.75) is 13.3 Å². The summed E-state index contributed by atoms with van der Waals surface area (Å²) in [7, 11) is 1.53. The molecule has 0 aliphatic heterocycles. The fourth-order valence-electron chi connectivity index (χ4n) is 2.61. The van der Waals surface area contributed by atoms with Crippen LogP contribution < -0.4 is 15.4 Å². The Morgan fingerprint density at radius 2 is 1.74 bits per heavy atom. The van der Waals surface area contributed by atoms with Gasteiger partial charge >= 0.3 is 5.97 Å². The van der Waals surface area contributed by atoms with E-state index in [1.807, 2.05) is 12.1 Å². The summed E-state index contributed by atoms with van der Waals surface area (Å²) in [6, 6.07) is 13.5. The maximum atomic E-state index is 12.3. The Labute approximate surface area is 157 Å². The molecule has 27 heavy (non-hydrogen) atoms. The number of carboxylic acids is 1. The third-order valence-corrected chi connectivity index (χ3v) is 3.98. The highest BCUT2D eigenvalue weighted by molar-refractivity contribution is 5.95. The molecule has 0 spiro atoms. The molecular formula is C20H22N2O5. The Hall–Kier alpha value is -3.35. The van der Waals surface area contributed by atoms with Gasteiger partial charge in [0.05, 0.1) is 13.0 Å². The molecule has 0 fully saturated rings. The van der Waals surface area contributed by atoms with Crippen LogP contribution in [0.3, 0.4) is 0 Å². The Balaban J connectivity index is 1.99. The van der Waals surface area contributed by atoms with Gasteiger partial charge in [-0.3, -0.25) is 14.4 Å². The Morgan fingerprint density at radius 3 is 2.33 bits per heavy atom. The fraction of sp³-hybridized carbons (Fsp3) is 0.250. The zero-order valence-electron chi connectivity index (χ0n) is 15.2. The number of hydrogen-bond acceptors (Lipinski definition) is 4. The number of methoxy groups -OCH3 is 1. The van der Waals surface area contributed by atoms with Gasteiger partial charge in [0.25, 0.3) is 5.91 Å². The van der Waals surface area contributed by atoms with Crippen molar-refractivity contribution in [2.24, 2.45) is 5.92 Å². The predicted molar refractivity (Wildman–Crippen MR) is 101 cm³/mol. The number of carboxylic acid groups (broad SMARTS) is 1. The lowest BCUT2D eigenvalue weighted by Gasteiger charge is -2.15. The molecule has 0 radical (unpaired) electrons. The highest BCUT2D eigenvalue weighted by atomic mass is 16.5. The lowest BCUT2D eigenvalue weighted by molar-refractivity contribution is -0.141. The van der Waals surface area contributed by atoms with Crippen molar-refractivity contribution in [1.82, 2.24) is 5.32 Å². The molecule has 2 aromatic rings. The van der Waals surface area contributed by atoms with E-state index in [0.717, 1.165) is 5.56 Å². The molecule has 0 saturated heterocycles. The molecule has 3 N–H and O–H groups in total. The quantitative estimate of drug-likeness (QED) is 0.661. The van der Waals surface area contributed by atoms with Gasteiger partial charge in [0.1, 0.15) is 5.75 Å². The fourth-order valence-corrected chi connectivity index (χ4v) is 2.61. The van der Waals surface area contributed by atoms with Crippen molar-refractivity contribution < 1.29 is 24.2 Å². The first-order valence-corrected chi connectivity index (χ1v) is 8.41. The summed E-state index contributed by atoms with van der Waals surface area (Å²) < 4.78 is 5.25. The number of hydrogen-bond donors (Lipinski definition) is 3. The van der Waals surface area contributed by atoms with Crippen LogP contribution in [-0.2, 0) is 16.0 Å². The Morgan fingerprint density at radius 1 is 1.07 bits per heavy atom. The van der Waals surface area contributed by atoms with E-state index >= 15 is 0 Å². The van der Waals surface area contributed by atoms with E-state index < -0.39 is 11.9 Å². The topological polar surface area (TPSA) is 105 Å². The number of carbonyl (C=O) groups is 3. The van der Waals surface area contributed by atoms with Gasteiger partial charge in [-0.25, -0.2) is 0 Å². The average molecular weight is 370 g/mol. The minimum absolute atomic E-state index is 0.0142. The van der Waals surface area contributed by atoms with Crippen molar-refractivity contribution in [1.29, 1.82) is 0 Å². The number of carbonyl (C=O) groups excluding carboxylic acids is 2. The first kappa shape index (κ1) is 20.0. The number of nitrogens with one attached hydrogen (secondary N) is 2. The molecule has 0 bridgehead atoms. The number of amides is 2. The third kappa shape index (κ3) is 5.85. The first-order chi connectivity index (χ1) is 12.9. The second kappa shape index (κ2) is 9.38. The first-order valence-electron chi connectivity index (χ1n) is 8.41. The number of rotatable bonds is 8. The number of aliphatic carboxylic acids is 1. The minimum atomic E-state index is -0.998. The zero-order valence-corrected chi connectivity index (χ0v) is 15.2. The summed E-state index contributed by atoms with van der Waals surface area (Å²) in [4.78, 5) is 34.8. The summed E-state index contributed by atoms with van der Waals surface area (Å²) in [5.41, 5.74) is 1.73. The zero-order chi connectivity index (χ0) is 19.8. The SMILES string of the molecule is COc1ccccc1CC(CNC(=O)c1ccc(NC(C)=O)cc1)C(=O)O. The lowest BCUT2D eigenvalue weighted by atomic mass is 9.98. The molecule has 7 nitrogen and oxygen atoms in total. The number of benzene rings is 2. The molecule has 2 aromatic carbocycles. The van der Waals surface area contributed by atoms with Gasteiger partial charge in [-0.2, -0.15) is 0 Å². The van der Waals surface area contributed by atoms with Gasteiger partial charge in [-0.05, 0) is 42.3 Å².